The van der Waals surface area contributed by atoms with Gasteiger partial charge in [-0.25, -0.2) is 9.98 Å². The van der Waals surface area contributed by atoms with Gasteiger partial charge in [-0.15, -0.1) is 0 Å². The van der Waals surface area contributed by atoms with Crippen molar-refractivity contribution in [3.05, 3.63) is 11.8 Å². The van der Waals surface area contributed by atoms with Crippen molar-refractivity contribution in [3.63, 3.8) is 0 Å². The van der Waals surface area contributed by atoms with Crippen molar-refractivity contribution >= 4 is 18.1 Å². The Hall–Kier alpha value is -1.73. The first-order chi connectivity index (χ1) is 14.2. The summed E-state index contributed by atoms with van der Waals surface area (Å²) in [5.74, 6) is 1.05. The van der Waals surface area contributed by atoms with Crippen LogP contribution in [-0.4, -0.2) is 67.9 Å². The monoisotopic (exact) mass is 401 g/mol. The van der Waals surface area contributed by atoms with E-state index in [1.807, 2.05) is 11.1 Å². The number of carbonyl (C=O) groups is 1. The molecule has 0 bridgehead atoms. The number of aliphatic imine (C=N–C) groups is 2. The van der Waals surface area contributed by atoms with E-state index in [9.17, 15) is 4.79 Å². The molecular weight excluding hydrogens is 366 g/mol. The molecule has 1 saturated carbocycles. The predicted octanol–water partition coefficient (Wildman–Crippen LogP) is 2.09. The second-order valence-corrected chi connectivity index (χ2v) is 8.89. The molecule has 3 atom stereocenters. The van der Waals surface area contributed by atoms with Gasteiger partial charge in [0.05, 0.1) is 12.6 Å². The lowest BCUT2D eigenvalue weighted by Crippen LogP contribution is -2.53. The van der Waals surface area contributed by atoms with E-state index < -0.39 is 0 Å². The molecule has 1 aliphatic carbocycles. The Morgan fingerprint density at radius 1 is 1.24 bits per heavy atom. The second-order valence-electron chi connectivity index (χ2n) is 8.89. The first-order valence-electron chi connectivity index (χ1n) is 11.3. The Balaban J connectivity index is 1.62. The van der Waals surface area contributed by atoms with Gasteiger partial charge in [0.25, 0.3) is 0 Å². The van der Waals surface area contributed by atoms with Crippen LogP contribution in [0.1, 0.15) is 51.9 Å². The number of hydrogen-bond acceptors (Lipinski definition) is 6. The number of carbonyl (C=O) groups excluding carboxylic acids is 1. The summed E-state index contributed by atoms with van der Waals surface area (Å²) in [4.78, 5) is 24.9. The Labute approximate surface area is 174 Å². The summed E-state index contributed by atoms with van der Waals surface area (Å²) in [5, 5.41) is 6.74. The van der Waals surface area contributed by atoms with Crippen LogP contribution in [0.2, 0.25) is 0 Å². The van der Waals surface area contributed by atoms with Gasteiger partial charge in [0.15, 0.2) is 0 Å². The van der Waals surface area contributed by atoms with Crippen molar-refractivity contribution < 1.29 is 9.53 Å². The first-order valence-corrected chi connectivity index (χ1v) is 11.3. The lowest BCUT2D eigenvalue weighted by molar-refractivity contribution is -0.134. The minimum absolute atomic E-state index is 0.113. The fourth-order valence-corrected chi connectivity index (χ4v) is 5.17. The highest BCUT2D eigenvalue weighted by Gasteiger charge is 2.43. The van der Waals surface area contributed by atoms with Crippen LogP contribution in [0.5, 0.6) is 0 Å². The summed E-state index contributed by atoms with van der Waals surface area (Å²) in [6.45, 7) is 4.60. The lowest BCUT2D eigenvalue weighted by atomic mass is 9.76. The number of fused-ring (bicyclic) bond motifs is 1. The number of nitrogens with one attached hydrogen (secondary N) is 2. The second kappa shape index (κ2) is 9.39. The molecule has 4 rings (SSSR count). The average molecular weight is 402 g/mol. The van der Waals surface area contributed by atoms with Crippen LogP contribution in [0, 0.1) is 11.8 Å². The summed E-state index contributed by atoms with van der Waals surface area (Å²) >= 11 is 0. The topological polar surface area (TPSA) is 78.3 Å². The van der Waals surface area contributed by atoms with E-state index in [4.69, 9.17) is 9.73 Å². The third kappa shape index (κ3) is 4.56. The van der Waals surface area contributed by atoms with E-state index in [-0.39, 0.29) is 23.9 Å². The standard InChI is InChI=1S/C22H35N5O2/c1-15(14-29-2)25-22-24-12-18-20(26-22)19(16-6-4-3-5-7-16)13-27(21(18)28)17-8-10-23-11-9-17/h12-13,15-18,20,23H,3-11,14H2,1-2H3,(H,25,26). The first kappa shape index (κ1) is 20.5. The molecular formula is C22H35N5O2. The normalized spacial score (nSPS) is 29.9. The van der Waals surface area contributed by atoms with Gasteiger partial charge >= 0.3 is 0 Å². The summed E-state index contributed by atoms with van der Waals surface area (Å²) in [7, 11) is 1.69. The summed E-state index contributed by atoms with van der Waals surface area (Å²) in [6.07, 6.45) is 12.3. The van der Waals surface area contributed by atoms with E-state index in [1.54, 1.807) is 7.11 Å². The number of ether oxygens (including phenoxy) is 1. The van der Waals surface area contributed by atoms with Crippen molar-refractivity contribution in [1.29, 1.82) is 0 Å². The maximum absolute atomic E-state index is 13.4. The molecule has 0 radical (unpaired) electrons. The Kier molecular flexibility index (Phi) is 6.65. The van der Waals surface area contributed by atoms with Crippen molar-refractivity contribution in [1.82, 2.24) is 15.5 Å². The van der Waals surface area contributed by atoms with Gasteiger partial charge in [-0.1, -0.05) is 19.3 Å². The zero-order valence-electron chi connectivity index (χ0n) is 17.8. The zero-order chi connectivity index (χ0) is 20.2. The molecule has 160 valence electrons. The van der Waals surface area contributed by atoms with Crippen LogP contribution < -0.4 is 10.6 Å². The van der Waals surface area contributed by atoms with Crippen molar-refractivity contribution in [2.24, 2.45) is 21.8 Å². The predicted molar refractivity (Wildman–Crippen MR) is 115 cm³/mol. The van der Waals surface area contributed by atoms with E-state index in [0.29, 0.717) is 24.5 Å². The molecule has 3 heterocycles. The quantitative estimate of drug-likeness (QED) is 0.739. The largest absolute Gasteiger partial charge is 0.383 e. The van der Waals surface area contributed by atoms with Crippen LogP contribution in [0.15, 0.2) is 21.8 Å². The lowest BCUT2D eigenvalue weighted by Gasteiger charge is -2.42. The van der Waals surface area contributed by atoms with Gasteiger partial charge in [-0.3, -0.25) is 4.79 Å². The highest BCUT2D eigenvalue weighted by Crippen LogP contribution is 2.39. The van der Waals surface area contributed by atoms with Crippen LogP contribution in [-0.2, 0) is 9.53 Å². The van der Waals surface area contributed by atoms with Crippen molar-refractivity contribution in [2.75, 3.05) is 26.8 Å². The number of guanidine groups is 1. The highest BCUT2D eigenvalue weighted by molar-refractivity contribution is 6.03. The van der Waals surface area contributed by atoms with Crippen molar-refractivity contribution in [2.45, 2.75) is 70.0 Å². The smallest absolute Gasteiger partial charge is 0.237 e. The van der Waals surface area contributed by atoms with E-state index >= 15 is 0 Å². The van der Waals surface area contributed by atoms with Gasteiger partial charge in [0.2, 0.25) is 11.9 Å². The molecule has 1 saturated heterocycles. The van der Waals surface area contributed by atoms with E-state index in [2.05, 4.69) is 28.7 Å². The molecule has 2 fully saturated rings. The Morgan fingerprint density at radius 2 is 2.00 bits per heavy atom. The SMILES string of the molecule is COCC(C)NC1=NC2C(C3CCCCC3)=CN(C3CCNCC3)C(=O)C2C=N1. The number of rotatable bonds is 5. The Morgan fingerprint density at radius 3 is 2.72 bits per heavy atom. The number of amides is 1. The molecule has 2 N–H and O–H groups in total. The molecule has 0 aromatic rings. The molecule has 1 amide bonds. The van der Waals surface area contributed by atoms with E-state index in [1.165, 1.54) is 37.7 Å². The molecule has 3 aliphatic heterocycles. The molecule has 29 heavy (non-hydrogen) atoms. The van der Waals surface area contributed by atoms with Gasteiger partial charge in [0, 0.05) is 31.6 Å². The van der Waals surface area contributed by atoms with Crippen LogP contribution >= 0.6 is 0 Å². The number of piperidine rings is 1. The number of methoxy groups -OCH3 is 1. The third-order valence-electron chi connectivity index (χ3n) is 6.70. The molecule has 7 heteroatoms. The zero-order valence-corrected chi connectivity index (χ0v) is 17.8. The Bertz CT molecular complexity index is 677. The summed E-state index contributed by atoms with van der Waals surface area (Å²) < 4.78 is 5.22. The molecule has 3 unspecified atom stereocenters. The number of nitrogens with zero attached hydrogens (tertiary/aromatic N) is 3. The molecule has 0 aromatic carbocycles. The minimum Gasteiger partial charge on any atom is -0.383 e. The molecule has 4 aliphatic rings. The summed E-state index contributed by atoms with van der Waals surface area (Å²) in [5.41, 5.74) is 1.35. The van der Waals surface area contributed by atoms with Gasteiger partial charge in [-0.05, 0) is 57.2 Å². The summed E-state index contributed by atoms with van der Waals surface area (Å²) in [6, 6.07) is 0.306. The van der Waals surface area contributed by atoms with Crippen LogP contribution in [0.25, 0.3) is 0 Å². The maximum Gasteiger partial charge on any atom is 0.237 e. The third-order valence-corrected chi connectivity index (χ3v) is 6.70. The van der Waals surface area contributed by atoms with Gasteiger partial charge < -0.3 is 20.3 Å². The van der Waals surface area contributed by atoms with Gasteiger partial charge in [0.1, 0.15) is 5.92 Å². The van der Waals surface area contributed by atoms with Crippen molar-refractivity contribution in [3.8, 4) is 0 Å². The minimum atomic E-state index is -0.268. The van der Waals surface area contributed by atoms with Crippen LogP contribution in [0.3, 0.4) is 0 Å². The molecule has 0 aromatic heterocycles. The van der Waals surface area contributed by atoms with E-state index in [0.717, 1.165) is 25.9 Å². The maximum atomic E-state index is 13.4. The molecule has 0 spiro atoms. The number of hydrogen-bond donors (Lipinski definition) is 2. The highest BCUT2D eigenvalue weighted by atomic mass is 16.5. The average Bonchev–Trinajstić information content (AvgIpc) is 2.75. The van der Waals surface area contributed by atoms with Gasteiger partial charge in [-0.2, -0.15) is 0 Å². The fraction of sp³-hybridized carbons (Fsp3) is 0.773. The fourth-order valence-electron chi connectivity index (χ4n) is 5.17. The van der Waals surface area contributed by atoms with Crippen LogP contribution in [0.4, 0.5) is 0 Å². The molecule has 7 nitrogen and oxygen atoms in total.